The van der Waals surface area contributed by atoms with E-state index in [-0.39, 0.29) is 25.4 Å². The van der Waals surface area contributed by atoms with Gasteiger partial charge in [0.15, 0.2) is 11.4 Å². The molecule has 1 fully saturated rings. The van der Waals surface area contributed by atoms with Crippen LogP contribution in [0.25, 0.3) is 11.1 Å². The minimum absolute atomic E-state index is 0.00265. The third-order valence-electron chi connectivity index (χ3n) is 6.74. The van der Waals surface area contributed by atoms with Gasteiger partial charge in [0.2, 0.25) is 0 Å². The number of aliphatic hydroxyl groups is 1. The normalized spacial score (nSPS) is 18.3. The van der Waals surface area contributed by atoms with Gasteiger partial charge in [-0.05, 0) is 46.0 Å². The number of carbonyl (C=O) groups is 1. The molecule has 0 spiro atoms. The number of ether oxygens (including phenoxy) is 3. The molecule has 8 nitrogen and oxygen atoms in total. The van der Waals surface area contributed by atoms with Crippen molar-refractivity contribution in [1.29, 1.82) is 0 Å². The maximum Gasteiger partial charge on any atom is 0.407 e. The quantitative estimate of drug-likeness (QED) is 0.119. The molecular formula is C33H33N3O5S. The summed E-state index contributed by atoms with van der Waals surface area (Å²) in [6.07, 6.45) is 4.34. The first-order valence-corrected chi connectivity index (χ1v) is 14.7. The van der Waals surface area contributed by atoms with E-state index in [2.05, 4.69) is 27.9 Å². The van der Waals surface area contributed by atoms with Crippen LogP contribution in [0, 0.1) is 0 Å². The highest BCUT2D eigenvalue weighted by molar-refractivity contribution is 7.99. The molecule has 216 valence electrons. The number of nitrogens with zero attached hydrogens (tertiary/aromatic N) is 2. The second kappa shape index (κ2) is 14.7. The van der Waals surface area contributed by atoms with Crippen molar-refractivity contribution in [3.05, 3.63) is 126 Å². The molecule has 9 heteroatoms. The van der Waals surface area contributed by atoms with E-state index in [4.69, 9.17) is 14.2 Å². The molecule has 2 N–H and O–H groups in total. The lowest BCUT2D eigenvalue weighted by molar-refractivity contribution is -0.245. The zero-order valence-electron chi connectivity index (χ0n) is 23.1. The predicted molar refractivity (Wildman–Crippen MR) is 161 cm³/mol. The van der Waals surface area contributed by atoms with Gasteiger partial charge in [0.05, 0.1) is 18.8 Å². The number of hydrogen-bond acceptors (Lipinski definition) is 8. The molecule has 0 bridgehead atoms. The lowest BCUT2D eigenvalue weighted by Gasteiger charge is -2.36. The number of nitrogens with one attached hydrogen (secondary N) is 1. The molecule has 2 heterocycles. The van der Waals surface area contributed by atoms with Crippen molar-refractivity contribution in [2.24, 2.45) is 0 Å². The van der Waals surface area contributed by atoms with Gasteiger partial charge in [0.1, 0.15) is 6.61 Å². The monoisotopic (exact) mass is 583 g/mol. The van der Waals surface area contributed by atoms with Crippen molar-refractivity contribution < 1.29 is 24.1 Å². The predicted octanol–water partition coefficient (Wildman–Crippen LogP) is 6.39. The first-order chi connectivity index (χ1) is 20.6. The summed E-state index contributed by atoms with van der Waals surface area (Å²) in [5.74, 6) is 0.680. The first-order valence-electron chi connectivity index (χ1n) is 13.7. The van der Waals surface area contributed by atoms with Crippen molar-refractivity contribution in [1.82, 2.24) is 15.3 Å². The number of amides is 1. The van der Waals surface area contributed by atoms with Crippen LogP contribution in [0.5, 0.6) is 0 Å². The SMILES string of the molecule is C=CCOC(=O)NCc1cccc(-c2cccc(C3OC(CSc4ncccn4)CC(c4ccc(CO)cc4)O3)c2)c1. The molecule has 1 aliphatic rings. The summed E-state index contributed by atoms with van der Waals surface area (Å²) in [7, 11) is 0. The third-order valence-corrected chi connectivity index (χ3v) is 7.75. The Bertz CT molecular complexity index is 1470. The first kappa shape index (κ1) is 29.5. The minimum atomic E-state index is -0.576. The molecule has 1 aliphatic heterocycles. The van der Waals surface area contributed by atoms with E-state index < -0.39 is 12.4 Å². The summed E-state index contributed by atoms with van der Waals surface area (Å²) < 4.78 is 18.0. The van der Waals surface area contributed by atoms with Gasteiger partial charge in [-0.25, -0.2) is 14.8 Å². The van der Waals surface area contributed by atoms with Crippen LogP contribution in [0.3, 0.4) is 0 Å². The van der Waals surface area contributed by atoms with Gasteiger partial charge in [0.25, 0.3) is 0 Å². The van der Waals surface area contributed by atoms with Gasteiger partial charge < -0.3 is 24.6 Å². The standard InChI is InChI=1S/C33H33N3O5S/c1-2-16-39-33(38)36-20-24-6-3-7-26(17-24)27-8-4-9-28(18-27)31-40-29(22-42-32-34-14-5-15-35-32)19-30(41-31)25-12-10-23(21-37)11-13-25/h2-15,17-18,29-31,37H,1,16,19-22H2,(H,36,38). The van der Waals surface area contributed by atoms with Crippen molar-refractivity contribution >= 4 is 17.9 Å². The highest BCUT2D eigenvalue weighted by Crippen LogP contribution is 2.40. The maximum absolute atomic E-state index is 11.8. The van der Waals surface area contributed by atoms with Crippen LogP contribution >= 0.6 is 11.8 Å². The van der Waals surface area contributed by atoms with E-state index in [0.717, 1.165) is 33.4 Å². The number of carbonyl (C=O) groups excluding carboxylic acids is 1. The maximum atomic E-state index is 11.8. The Balaban J connectivity index is 1.34. The lowest BCUT2D eigenvalue weighted by Crippen LogP contribution is -2.31. The third kappa shape index (κ3) is 8.04. The zero-order chi connectivity index (χ0) is 29.1. The number of aromatic nitrogens is 2. The zero-order valence-corrected chi connectivity index (χ0v) is 23.9. The van der Waals surface area contributed by atoms with Crippen molar-refractivity contribution in [2.75, 3.05) is 12.4 Å². The molecule has 0 saturated carbocycles. The Morgan fingerprint density at radius 3 is 2.50 bits per heavy atom. The number of thioether (sulfide) groups is 1. The fourth-order valence-corrected chi connectivity index (χ4v) is 5.46. The Morgan fingerprint density at radius 2 is 1.74 bits per heavy atom. The van der Waals surface area contributed by atoms with E-state index in [9.17, 15) is 9.90 Å². The molecule has 0 radical (unpaired) electrons. The summed E-state index contributed by atoms with van der Waals surface area (Å²) >= 11 is 1.56. The Kier molecular flexibility index (Phi) is 10.3. The second-order valence-corrected chi connectivity index (χ2v) is 10.7. The van der Waals surface area contributed by atoms with Crippen LogP contribution in [0.4, 0.5) is 4.79 Å². The van der Waals surface area contributed by atoms with Gasteiger partial charge in [-0.3, -0.25) is 0 Å². The average Bonchev–Trinajstić information content (AvgIpc) is 3.06. The van der Waals surface area contributed by atoms with E-state index in [1.54, 1.807) is 30.2 Å². The topological polar surface area (TPSA) is 103 Å². The molecule has 3 atom stereocenters. The number of rotatable bonds is 11. The fraction of sp³-hybridized carbons (Fsp3) is 0.242. The molecular weight excluding hydrogens is 550 g/mol. The van der Waals surface area contributed by atoms with Gasteiger partial charge in [0, 0.05) is 36.7 Å². The summed E-state index contributed by atoms with van der Waals surface area (Å²) in [6.45, 7) is 4.06. The van der Waals surface area contributed by atoms with Crippen LogP contribution in [0.2, 0.25) is 0 Å². The van der Waals surface area contributed by atoms with E-state index in [1.807, 2.05) is 66.7 Å². The van der Waals surface area contributed by atoms with Crippen molar-refractivity contribution in [2.45, 2.75) is 43.2 Å². The highest BCUT2D eigenvalue weighted by Gasteiger charge is 2.32. The second-order valence-electron chi connectivity index (χ2n) is 9.76. The molecule has 42 heavy (non-hydrogen) atoms. The van der Waals surface area contributed by atoms with Crippen LogP contribution in [-0.2, 0) is 27.4 Å². The number of aliphatic hydroxyl groups excluding tert-OH is 1. The van der Waals surface area contributed by atoms with Crippen molar-refractivity contribution in [3.8, 4) is 11.1 Å². The Morgan fingerprint density at radius 1 is 0.976 bits per heavy atom. The molecule has 4 aromatic rings. The highest BCUT2D eigenvalue weighted by atomic mass is 32.2. The summed E-state index contributed by atoms with van der Waals surface area (Å²) in [5, 5.41) is 12.9. The van der Waals surface area contributed by atoms with Gasteiger partial charge in [-0.15, -0.1) is 0 Å². The van der Waals surface area contributed by atoms with Gasteiger partial charge in [-0.2, -0.15) is 0 Å². The lowest BCUT2D eigenvalue weighted by atomic mass is 9.99. The number of hydrogen-bond donors (Lipinski definition) is 2. The molecule has 3 aromatic carbocycles. The largest absolute Gasteiger partial charge is 0.445 e. The molecule has 3 unspecified atom stereocenters. The van der Waals surface area contributed by atoms with Crippen LogP contribution in [0.1, 0.15) is 41.1 Å². The average molecular weight is 584 g/mol. The molecule has 5 rings (SSSR count). The molecule has 0 aliphatic carbocycles. The van der Waals surface area contributed by atoms with E-state index in [0.29, 0.717) is 23.9 Å². The molecule has 1 saturated heterocycles. The van der Waals surface area contributed by atoms with Gasteiger partial charge in [-0.1, -0.05) is 85.1 Å². The van der Waals surface area contributed by atoms with E-state index >= 15 is 0 Å². The summed E-state index contributed by atoms with van der Waals surface area (Å²) in [5.41, 5.74) is 5.77. The minimum Gasteiger partial charge on any atom is -0.445 e. The molecule has 1 aromatic heterocycles. The van der Waals surface area contributed by atoms with Crippen LogP contribution in [0.15, 0.2) is 109 Å². The van der Waals surface area contributed by atoms with Crippen molar-refractivity contribution in [3.63, 3.8) is 0 Å². The fourth-order valence-electron chi connectivity index (χ4n) is 4.64. The van der Waals surface area contributed by atoms with E-state index in [1.165, 1.54) is 6.08 Å². The summed E-state index contributed by atoms with van der Waals surface area (Å²) in [4.78, 5) is 20.5. The van der Waals surface area contributed by atoms with Crippen LogP contribution < -0.4 is 5.32 Å². The number of alkyl carbamates (subject to hydrolysis) is 1. The number of benzene rings is 3. The molecule has 1 amide bonds. The van der Waals surface area contributed by atoms with Gasteiger partial charge >= 0.3 is 6.09 Å². The Labute approximate surface area is 249 Å². The Hall–Kier alpha value is -4.02. The summed E-state index contributed by atoms with van der Waals surface area (Å²) in [6, 6.07) is 25.8. The smallest absolute Gasteiger partial charge is 0.407 e. The van der Waals surface area contributed by atoms with Crippen LogP contribution in [-0.4, -0.2) is 39.6 Å².